The van der Waals surface area contributed by atoms with Crippen LogP contribution in [-0.2, 0) is 0 Å². The van der Waals surface area contributed by atoms with E-state index in [1.165, 1.54) is 11.1 Å². The van der Waals surface area contributed by atoms with E-state index in [1.807, 2.05) is 12.1 Å². The number of para-hydroxylation sites is 1. The molecule has 0 unspecified atom stereocenters. The summed E-state index contributed by atoms with van der Waals surface area (Å²) in [6, 6.07) is 10.1. The number of aryl methyl sites for hydroxylation is 2. The quantitative estimate of drug-likeness (QED) is 0.889. The number of pyridine rings is 1. The topological polar surface area (TPSA) is 24.9 Å². The molecule has 0 spiro atoms. The van der Waals surface area contributed by atoms with E-state index in [2.05, 4.69) is 58.3 Å². The van der Waals surface area contributed by atoms with Crippen molar-refractivity contribution >= 4 is 27.4 Å². The maximum Gasteiger partial charge on any atom is 0.144 e. The van der Waals surface area contributed by atoms with Crippen molar-refractivity contribution in [3.05, 3.63) is 52.1 Å². The third kappa shape index (κ3) is 2.25. The van der Waals surface area contributed by atoms with Crippen molar-refractivity contribution in [1.29, 1.82) is 0 Å². The Hall–Kier alpha value is -1.35. The zero-order chi connectivity index (χ0) is 11.5. The van der Waals surface area contributed by atoms with Gasteiger partial charge in [-0.1, -0.05) is 18.2 Å². The first-order valence-corrected chi connectivity index (χ1v) is 5.91. The predicted molar refractivity (Wildman–Crippen MR) is 71.1 cm³/mol. The number of rotatable bonds is 2. The van der Waals surface area contributed by atoms with E-state index in [0.717, 1.165) is 16.0 Å². The van der Waals surface area contributed by atoms with Crippen LogP contribution in [0.2, 0.25) is 0 Å². The highest BCUT2D eigenvalue weighted by Crippen LogP contribution is 2.27. The smallest absolute Gasteiger partial charge is 0.144 e. The molecule has 0 aliphatic rings. The largest absolute Gasteiger partial charge is 0.339 e. The van der Waals surface area contributed by atoms with Gasteiger partial charge in [-0.3, -0.25) is 0 Å². The van der Waals surface area contributed by atoms with Gasteiger partial charge in [0.05, 0.1) is 4.47 Å². The molecule has 0 fully saturated rings. The Kier molecular flexibility index (Phi) is 3.25. The molecule has 1 aromatic heterocycles. The summed E-state index contributed by atoms with van der Waals surface area (Å²) in [6.07, 6.45) is 1.78. The third-order valence-electron chi connectivity index (χ3n) is 2.48. The number of benzene rings is 1. The molecule has 16 heavy (non-hydrogen) atoms. The van der Waals surface area contributed by atoms with Crippen molar-refractivity contribution in [3.8, 4) is 0 Å². The standard InChI is InChI=1S/C13H13BrN2/c1-9-5-3-6-10(2)12(9)16-13-11(14)7-4-8-15-13/h3-8H,1-2H3,(H,15,16). The lowest BCUT2D eigenvalue weighted by Gasteiger charge is -2.12. The van der Waals surface area contributed by atoms with Crippen LogP contribution in [0.1, 0.15) is 11.1 Å². The molecule has 0 aliphatic carbocycles. The van der Waals surface area contributed by atoms with E-state index in [-0.39, 0.29) is 0 Å². The van der Waals surface area contributed by atoms with E-state index < -0.39 is 0 Å². The average Bonchev–Trinajstić information content (AvgIpc) is 2.26. The summed E-state index contributed by atoms with van der Waals surface area (Å²) in [4.78, 5) is 4.30. The zero-order valence-corrected chi connectivity index (χ0v) is 10.9. The second kappa shape index (κ2) is 4.66. The number of hydrogen-bond acceptors (Lipinski definition) is 2. The van der Waals surface area contributed by atoms with Gasteiger partial charge in [-0.2, -0.15) is 0 Å². The van der Waals surface area contributed by atoms with E-state index in [4.69, 9.17) is 0 Å². The van der Waals surface area contributed by atoms with E-state index in [0.29, 0.717) is 0 Å². The van der Waals surface area contributed by atoms with Gasteiger partial charge < -0.3 is 5.32 Å². The van der Waals surface area contributed by atoms with Crippen LogP contribution in [0.3, 0.4) is 0 Å². The van der Waals surface area contributed by atoms with Gasteiger partial charge in [0.25, 0.3) is 0 Å². The minimum atomic E-state index is 0.847. The molecule has 0 amide bonds. The lowest BCUT2D eigenvalue weighted by molar-refractivity contribution is 1.26. The Morgan fingerprint density at radius 2 is 1.75 bits per heavy atom. The SMILES string of the molecule is Cc1cccc(C)c1Nc1ncccc1Br. The molecule has 3 heteroatoms. The van der Waals surface area contributed by atoms with Gasteiger partial charge in [-0.15, -0.1) is 0 Å². The van der Waals surface area contributed by atoms with Gasteiger partial charge >= 0.3 is 0 Å². The normalized spacial score (nSPS) is 10.2. The molecule has 82 valence electrons. The molecule has 1 aromatic carbocycles. The Morgan fingerprint density at radius 1 is 1.06 bits per heavy atom. The second-order valence-corrected chi connectivity index (χ2v) is 4.58. The lowest BCUT2D eigenvalue weighted by atomic mass is 10.1. The number of hydrogen-bond donors (Lipinski definition) is 1. The monoisotopic (exact) mass is 276 g/mol. The Bertz CT molecular complexity index is 489. The third-order valence-corrected chi connectivity index (χ3v) is 3.12. The molecule has 1 N–H and O–H groups in total. The second-order valence-electron chi connectivity index (χ2n) is 3.73. The van der Waals surface area contributed by atoms with E-state index in [1.54, 1.807) is 6.20 Å². The summed E-state index contributed by atoms with van der Waals surface area (Å²) in [6.45, 7) is 4.18. The van der Waals surface area contributed by atoms with Crippen LogP contribution in [0, 0.1) is 13.8 Å². The Balaban J connectivity index is 2.38. The zero-order valence-electron chi connectivity index (χ0n) is 9.29. The number of aromatic nitrogens is 1. The van der Waals surface area contributed by atoms with Crippen LogP contribution < -0.4 is 5.32 Å². The van der Waals surface area contributed by atoms with Crippen molar-refractivity contribution in [3.63, 3.8) is 0 Å². The minimum Gasteiger partial charge on any atom is -0.339 e. The van der Waals surface area contributed by atoms with Crippen molar-refractivity contribution in [2.45, 2.75) is 13.8 Å². The van der Waals surface area contributed by atoms with Crippen LogP contribution >= 0.6 is 15.9 Å². The molecule has 0 aliphatic heterocycles. The van der Waals surface area contributed by atoms with Gasteiger partial charge in [0, 0.05) is 11.9 Å². The summed E-state index contributed by atoms with van der Waals surface area (Å²) >= 11 is 3.48. The van der Waals surface area contributed by atoms with Crippen molar-refractivity contribution in [2.75, 3.05) is 5.32 Å². The highest BCUT2D eigenvalue weighted by atomic mass is 79.9. The minimum absolute atomic E-state index is 0.847. The van der Waals surface area contributed by atoms with E-state index >= 15 is 0 Å². The average molecular weight is 277 g/mol. The molecule has 1 heterocycles. The molecule has 0 saturated heterocycles. The summed E-state index contributed by atoms with van der Waals surface area (Å²) in [7, 11) is 0. The number of nitrogens with one attached hydrogen (secondary N) is 1. The molecule has 0 saturated carbocycles. The van der Waals surface area contributed by atoms with E-state index in [9.17, 15) is 0 Å². The molecule has 2 aromatic rings. The Labute approximate surface area is 104 Å². The van der Waals surface area contributed by atoms with Gasteiger partial charge in [0.1, 0.15) is 5.82 Å². The van der Waals surface area contributed by atoms with Crippen molar-refractivity contribution in [2.24, 2.45) is 0 Å². The molecule has 2 rings (SSSR count). The van der Waals surface area contributed by atoms with Gasteiger partial charge in [0.2, 0.25) is 0 Å². The van der Waals surface area contributed by atoms with Crippen LogP contribution in [0.15, 0.2) is 41.0 Å². The van der Waals surface area contributed by atoms with Crippen LogP contribution in [-0.4, -0.2) is 4.98 Å². The maximum atomic E-state index is 4.30. The van der Waals surface area contributed by atoms with Crippen molar-refractivity contribution in [1.82, 2.24) is 4.98 Å². The molecule has 2 nitrogen and oxygen atoms in total. The predicted octanol–water partition coefficient (Wildman–Crippen LogP) is 4.20. The summed E-state index contributed by atoms with van der Waals surface area (Å²) in [5, 5.41) is 3.35. The first kappa shape index (κ1) is 11.1. The molecule has 0 radical (unpaired) electrons. The molecular formula is C13H13BrN2. The fourth-order valence-electron chi connectivity index (χ4n) is 1.61. The molecule has 0 bridgehead atoms. The first-order valence-electron chi connectivity index (χ1n) is 5.12. The van der Waals surface area contributed by atoms with Gasteiger partial charge in [-0.05, 0) is 53.0 Å². The number of nitrogens with zero attached hydrogens (tertiary/aromatic N) is 1. The molecule has 0 atom stereocenters. The number of anilines is 2. The number of halogens is 1. The summed E-state index contributed by atoms with van der Waals surface area (Å²) < 4.78 is 0.970. The fraction of sp³-hybridized carbons (Fsp3) is 0.154. The lowest BCUT2D eigenvalue weighted by Crippen LogP contribution is -1.98. The maximum absolute atomic E-state index is 4.30. The molecular weight excluding hydrogens is 264 g/mol. The van der Waals surface area contributed by atoms with Crippen LogP contribution in [0.25, 0.3) is 0 Å². The van der Waals surface area contributed by atoms with Gasteiger partial charge in [0.15, 0.2) is 0 Å². The highest BCUT2D eigenvalue weighted by molar-refractivity contribution is 9.10. The summed E-state index contributed by atoms with van der Waals surface area (Å²) in [5.74, 6) is 0.847. The first-order chi connectivity index (χ1) is 7.68. The summed E-state index contributed by atoms with van der Waals surface area (Å²) in [5.41, 5.74) is 3.57. The van der Waals surface area contributed by atoms with Crippen LogP contribution in [0.4, 0.5) is 11.5 Å². The fourth-order valence-corrected chi connectivity index (χ4v) is 1.96. The van der Waals surface area contributed by atoms with Crippen molar-refractivity contribution < 1.29 is 0 Å². The Morgan fingerprint density at radius 3 is 2.38 bits per heavy atom. The van der Waals surface area contributed by atoms with Gasteiger partial charge in [-0.25, -0.2) is 4.98 Å². The highest BCUT2D eigenvalue weighted by Gasteiger charge is 2.05. The van der Waals surface area contributed by atoms with Crippen LogP contribution in [0.5, 0.6) is 0 Å².